The predicted octanol–water partition coefficient (Wildman–Crippen LogP) is 1.13. The van der Waals surface area contributed by atoms with Crippen LogP contribution in [0.2, 0.25) is 5.02 Å². The van der Waals surface area contributed by atoms with Crippen molar-refractivity contribution in [2.45, 2.75) is 13.3 Å². The molecule has 0 bridgehead atoms. The molecule has 1 aromatic rings. The van der Waals surface area contributed by atoms with Crippen molar-refractivity contribution in [2.24, 2.45) is 0 Å². The quantitative estimate of drug-likeness (QED) is 0.873. The van der Waals surface area contributed by atoms with Crippen LogP contribution in [-0.2, 0) is 4.79 Å². The molecular formula is C13H17ClN4O2. The lowest BCUT2D eigenvalue weighted by molar-refractivity contribution is -0.123. The summed E-state index contributed by atoms with van der Waals surface area (Å²) in [6.07, 6.45) is 0.958. The number of rotatable bonds is 4. The average molecular weight is 297 g/mol. The zero-order chi connectivity index (χ0) is 14.5. The van der Waals surface area contributed by atoms with Gasteiger partial charge in [-0.3, -0.25) is 9.59 Å². The molecular weight excluding hydrogens is 280 g/mol. The molecule has 0 saturated carbocycles. The molecule has 1 saturated heterocycles. The van der Waals surface area contributed by atoms with Crippen molar-refractivity contribution in [3.8, 4) is 0 Å². The summed E-state index contributed by atoms with van der Waals surface area (Å²) < 4.78 is 0. The van der Waals surface area contributed by atoms with E-state index in [0.29, 0.717) is 23.9 Å². The van der Waals surface area contributed by atoms with E-state index in [4.69, 9.17) is 11.6 Å². The monoisotopic (exact) mass is 296 g/mol. The first-order chi connectivity index (χ1) is 9.61. The highest BCUT2D eigenvalue weighted by Crippen LogP contribution is 2.19. The van der Waals surface area contributed by atoms with Gasteiger partial charge in [0.2, 0.25) is 5.91 Å². The summed E-state index contributed by atoms with van der Waals surface area (Å²) in [5.74, 6) is 0.132. The van der Waals surface area contributed by atoms with E-state index >= 15 is 0 Å². The number of nitrogens with one attached hydrogen (secondary N) is 2. The number of carbonyl (C=O) groups is 2. The molecule has 0 atom stereocenters. The molecule has 1 aliphatic rings. The third kappa shape index (κ3) is 3.39. The average Bonchev–Trinajstić information content (AvgIpc) is 2.45. The second-order valence-corrected chi connectivity index (χ2v) is 4.94. The van der Waals surface area contributed by atoms with Gasteiger partial charge in [-0.1, -0.05) is 18.5 Å². The van der Waals surface area contributed by atoms with Gasteiger partial charge in [-0.25, -0.2) is 4.98 Å². The zero-order valence-electron chi connectivity index (χ0n) is 11.3. The Morgan fingerprint density at radius 1 is 1.55 bits per heavy atom. The van der Waals surface area contributed by atoms with Crippen LogP contribution in [0.4, 0.5) is 5.82 Å². The van der Waals surface area contributed by atoms with E-state index in [1.54, 1.807) is 12.1 Å². The van der Waals surface area contributed by atoms with Gasteiger partial charge in [0.15, 0.2) is 0 Å². The Kier molecular flexibility index (Phi) is 4.79. The van der Waals surface area contributed by atoms with Crippen LogP contribution in [-0.4, -0.2) is 47.9 Å². The zero-order valence-corrected chi connectivity index (χ0v) is 12.0. The number of amides is 2. The molecule has 20 heavy (non-hydrogen) atoms. The summed E-state index contributed by atoms with van der Waals surface area (Å²) in [5.41, 5.74) is 0.183. The topological polar surface area (TPSA) is 74.3 Å². The Labute approximate surface area is 122 Å². The summed E-state index contributed by atoms with van der Waals surface area (Å²) >= 11 is 6.04. The molecule has 0 unspecified atom stereocenters. The van der Waals surface area contributed by atoms with Crippen LogP contribution in [0.15, 0.2) is 12.1 Å². The maximum atomic E-state index is 12.4. The van der Waals surface area contributed by atoms with Gasteiger partial charge in [0.05, 0.1) is 11.6 Å². The SMILES string of the molecule is CCCNc1ccc(Cl)c(C(=O)N2CCNC(=O)C2)n1. The van der Waals surface area contributed by atoms with Gasteiger partial charge in [-0.15, -0.1) is 0 Å². The van der Waals surface area contributed by atoms with Gasteiger partial charge in [-0.2, -0.15) is 0 Å². The maximum absolute atomic E-state index is 12.4. The smallest absolute Gasteiger partial charge is 0.274 e. The van der Waals surface area contributed by atoms with Crippen molar-refractivity contribution >= 4 is 29.2 Å². The van der Waals surface area contributed by atoms with Crippen molar-refractivity contribution in [1.82, 2.24) is 15.2 Å². The van der Waals surface area contributed by atoms with Crippen molar-refractivity contribution < 1.29 is 9.59 Å². The summed E-state index contributed by atoms with van der Waals surface area (Å²) in [5, 5.41) is 6.08. The van der Waals surface area contributed by atoms with Crippen molar-refractivity contribution in [3.05, 3.63) is 22.8 Å². The molecule has 0 radical (unpaired) electrons. The molecule has 2 N–H and O–H groups in total. The molecule has 2 rings (SSSR count). The number of halogens is 1. The minimum atomic E-state index is -0.315. The normalized spacial score (nSPS) is 14.9. The molecule has 0 aromatic carbocycles. The summed E-state index contributed by atoms with van der Waals surface area (Å²) in [6, 6.07) is 3.38. The molecule has 1 aromatic heterocycles. The van der Waals surface area contributed by atoms with Crippen LogP contribution in [0.1, 0.15) is 23.8 Å². The maximum Gasteiger partial charge on any atom is 0.274 e. The van der Waals surface area contributed by atoms with Crippen molar-refractivity contribution in [2.75, 3.05) is 31.5 Å². The van der Waals surface area contributed by atoms with Crippen LogP contribution >= 0.6 is 11.6 Å². The fraction of sp³-hybridized carbons (Fsp3) is 0.462. The number of nitrogens with zero attached hydrogens (tertiary/aromatic N) is 2. The Hall–Kier alpha value is -1.82. The highest BCUT2D eigenvalue weighted by molar-refractivity contribution is 6.33. The number of hydrogen-bond acceptors (Lipinski definition) is 4. The van der Waals surface area contributed by atoms with E-state index in [0.717, 1.165) is 13.0 Å². The van der Waals surface area contributed by atoms with E-state index in [1.165, 1.54) is 4.90 Å². The van der Waals surface area contributed by atoms with Gasteiger partial charge in [0, 0.05) is 19.6 Å². The number of pyridine rings is 1. The van der Waals surface area contributed by atoms with Crippen LogP contribution < -0.4 is 10.6 Å². The number of aromatic nitrogens is 1. The van der Waals surface area contributed by atoms with Gasteiger partial charge < -0.3 is 15.5 Å². The number of carbonyl (C=O) groups excluding carboxylic acids is 2. The van der Waals surface area contributed by atoms with E-state index in [1.807, 2.05) is 6.92 Å². The summed E-state index contributed by atoms with van der Waals surface area (Å²) in [4.78, 5) is 29.4. The minimum absolute atomic E-state index is 0.0451. The molecule has 2 amide bonds. The van der Waals surface area contributed by atoms with Gasteiger partial charge >= 0.3 is 0 Å². The summed E-state index contributed by atoms with van der Waals surface area (Å²) in [6.45, 7) is 3.78. The lowest BCUT2D eigenvalue weighted by Crippen LogP contribution is -2.50. The second kappa shape index (κ2) is 6.56. The largest absolute Gasteiger partial charge is 0.370 e. The van der Waals surface area contributed by atoms with Crippen LogP contribution in [0.25, 0.3) is 0 Å². The lowest BCUT2D eigenvalue weighted by Gasteiger charge is -2.26. The Balaban J connectivity index is 2.17. The fourth-order valence-electron chi connectivity index (χ4n) is 1.91. The minimum Gasteiger partial charge on any atom is -0.370 e. The Morgan fingerprint density at radius 2 is 2.35 bits per heavy atom. The Bertz CT molecular complexity index is 521. The first-order valence-electron chi connectivity index (χ1n) is 6.58. The predicted molar refractivity (Wildman–Crippen MR) is 76.9 cm³/mol. The fourth-order valence-corrected chi connectivity index (χ4v) is 2.09. The standard InChI is InChI=1S/C13H17ClN4O2/c1-2-5-15-10-4-3-9(14)12(17-10)13(20)18-7-6-16-11(19)8-18/h3-4H,2,5-8H2,1H3,(H,15,17)(H,16,19). The molecule has 0 spiro atoms. The van der Waals surface area contributed by atoms with Gasteiger partial charge in [0.1, 0.15) is 11.5 Å². The second-order valence-electron chi connectivity index (χ2n) is 4.53. The molecule has 2 heterocycles. The number of anilines is 1. The Morgan fingerprint density at radius 3 is 3.05 bits per heavy atom. The van der Waals surface area contributed by atoms with Gasteiger partial charge in [-0.05, 0) is 18.6 Å². The van der Waals surface area contributed by atoms with Crippen LogP contribution in [0, 0.1) is 0 Å². The van der Waals surface area contributed by atoms with E-state index in [9.17, 15) is 9.59 Å². The lowest BCUT2D eigenvalue weighted by atomic mass is 10.2. The molecule has 7 heteroatoms. The van der Waals surface area contributed by atoms with E-state index in [2.05, 4.69) is 15.6 Å². The molecule has 108 valence electrons. The molecule has 1 fully saturated rings. The molecule has 0 aliphatic carbocycles. The first-order valence-corrected chi connectivity index (χ1v) is 6.96. The highest BCUT2D eigenvalue weighted by Gasteiger charge is 2.25. The van der Waals surface area contributed by atoms with Crippen molar-refractivity contribution in [3.63, 3.8) is 0 Å². The third-order valence-electron chi connectivity index (χ3n) is 2.93. The summed E-state index contributed by atoms with van der Waals surface area (Å²) in [7, 11) is 0. The van der Waals surface area contributed by atoms with E-state index in [-0.39, 0.29) is 24.1 Å². The highest BCUT2D eigenvalue weighted by atomic mass is 35.5. The first kappa shape index (κ1) is 14.6. The van der Waals surface area contributed by atoms with Crippen LogP contribution in [0.5, 0.6) is 0 Å². The number of hydrogen-bond donors (Lipinski definition) is 2. The van der Waals surface area contributed by atoms with E-state index < -0.39 is 0 Å². The number of piperazine rings is 1. The molecule has 1 aliphatic heterocycles. The third-order valence-corrected chi connectivity index (χ3v) is 3.24. The van der Waals surface area contributed by atoms with Crippen molar-refractivity contribution in [1.29, 1.82) is 0 Å². The van der Waals surface area contributed by atoms with Crippen LogP contribution in [0.3, 0.4) is 0 Å². The van der Waals surface area contributed by atoms with Gasteiger partial charge in [0.25, 0.3) is 5.91 Å². The molecule has 6 nitrogen and oxygen atoms in total.